The number of halogens is 3. The average Bonchev–Trinajstić information content (AvgIpc) is 3.21. The van der Waals surface area contributed by atoms with Gasteiger partial charge in [-0.15, -0.1) is 11.3 Å². The highest BCUT2D eigenvalue weighted by atomic mass is 32.2. The Hall–Kier alpha value is -2.85. The van der Waals surface area contributed by atoms with Crippen LogP contribution in [0.5, 0.6) is 0 Å². The first-order chi connectivity index (χ1) is 14.1. The highest BCUT2D eigenvalue weighted by Gasteiger charge is 2.30. The van der Waals surface area contributed by atoms with Crippen molar-refractivity contribution in [3.63, 3.8) is 0 Å². The Labute approximate surface area is 175 Å². The van der Waals surface area contributed by atoms with Crippen molar-refractivity contribution in [2.45, 2.75) is 17.6 Å². The number of nitrogens with zero attached hydrogens (tertiary/aromatic N) is 1. The van der Waals surface area contributed by atoms with E-state index in [1.54, 1.807) is 23.6 Å². The molecule has 158 valence electrons. The van der Waals surface area contributed by atoms with E-state index in [0.717, 1.165) is 27.8 Å². The van der Waals surface area contributed by atoms with Crippen molar-refractivity contribution in [1.82, 2.24) is 5.32 Å². The number of thiophene rings is 1. The van der Waals surface area contributed by atoms with Crippen LogP contribution in [0.3, 0.4) is 0 Å². The van der Waals surface area contributed by atoms with E-state index in [-0.39, 0.29) is 22.0 Å². The van der Waals surface area contributed by atoms with Crippen LogP contribution in [-0.4, -0.2) is 21.4 Å². The zero-order chi connectivity index (χ0) is 21.9. The quantitative estimate of drug-likeness (QED) is 0.596. The Morgan fingerprint density at radius 1 is 1.03 bits per heavy atom. The highest BCUT2D eigenvalue weighted by Crippen LogP contribution is 2.30. The summed E-state index contributed by atoms with van der Waals surface area (Å²) >= 11 is 1.07. The van der Waals surface area contributed by atoms with Gasteiger partial charge in [0.05, 0.1) is 16.1 Å². The van der Waals surface area contributed by atoms with Crippen LogP contribution in [0.15, 0.2) is 70.9 Å². The second kappa shape index (κ2) is 8.49. The Kier molecular flexibility index (Phi) is 6.18. The zero-order valence-corrected chi connectivity index (χ0v) is 17.3. The number of rotatable bonds is 6. The summed E-state index contributed by atoms with van der Waals surface area (Å²) in [5.74, 6) is -0.519. The Bertz CT molecular complexity index is 1130. The van der Waals surface area contributed by atoms with Gasteiger partial charge in [-0.1, -0.05) is 30.3 Å². The van der Waals surface area contributed by atoms with Crippen molar-refractivity contribution in [3.05, 3.63) is 82.0 Å². The van der Waals surface area contributed by atoms with Crippen LogP contribution in [0.1, 0.15) is 20.8 Å². The third-order valence-electron chi connectivity index (χ3n) is 4.33. The summed E-state index contributed by atoms with van der Waals surface area (Å²) in [7, 11) is -2.49. The molecule has 0 unspecified atom stereocenters. The molecular weight excluding hydrogens is 437 g/mol. The van der Waals surface area contributed by atoms with Crippen LogP contribution in [0, 0.1) is 0 Å². The van der Waals surface area contributed by atoms with Crippen molar-refractivity contribution in [2.24, 2.45) is 0 Å². The topological polar surface area (TPSA) is 66.5 Å². The molecule has 0 aliphatic carbocycles. The van der Waals surface area contributed by atoms with Gasteiger partial charge in [0, 0.05) is 13.6 Å². The summed E-state index contributed by atoms with van der Waals surface area (Å²) in [6.45, 7) is 0.00343. The van der Waals surface area contributed by atoms with Gasteiger partial charge < -0.3 is 5.32 Å². The number of nitrogens with one attached hydrogen (secondary N) is 1. The lowest BCUT2D eigenvalue weighted by Crippen LogP contribution is -2.29. The first-order valence-corrected chi connectivity index (χ1v) is 11.0. The van der Waals surface area contributed by atoms with Crippen LogP contribution in [0.4, 0.5) is 18.9 Å². The molecule has 0 saturated carbocycles. The van der Waals surface area contributed by atoms with E-state index in [4.69, 9.17) is 0 Å². The number of alkyl halides is 3. The Morgan fingerprint density at radius 3 is 2.27 bits per heavy atom. The minimum atomic E-state index is -4.43. The molecule has 0 bridgehead atoms. The van der Waals surface area contributed by atoms with Crippen LogP contribution in [0.25, 0.3) is 0 Å². The molecule has 0 atom stereocenters. The molecule has 30 heavy (non-hydrogen) atoms. The average molecular weight is 454 g/mol. The minimum Gasteiger partial charge on any atom is -0.347 e. The monoisotopic (exact) mass is 454 g/mol. The highest BCUT2D eigenvalue weighted by molar-refractivity contribution is 7.92. The number of carbonyl (C=O) groups excluding carboxylic acids is 1. The first kappa shape index (κ1) is 21.8. The number of benzene rings is 2. The summed E-state index contributed by atoms with van der Waals surface area (Å²) in [4.78, 5) is 12.9. The van der Waals surface area contributed by atoms with E-state index >= 15 is 0 Å². The molecule has 10 heteroatoms. The van der Waals surface area contributed by atoms with E-state index in [1.165, 1.54) is 37.4 Å². The second-order valence-corrected chi connectivity index (χ2v) is 9.18. The van der Waals surface area contributed by atoms with E-state index in [0.29, 0.717) is 5.56 Å². The maximum Gasteiger partial charge on any atom is 0.416 e. The van der Waals surface area contributed by atoms with Crippen molar-refractivity contribution in [3.8, 4) is 0 Å². The number of sulfonamides is 1. The van der Waals surface area contributed by atoms with Crippen LogP contribution < -0.4 is 9.62 Å². The van der Waals surface area contributed by atoms with Gasteiger partial charge in [-0.3, -0.25) is 9.10 Å². The van der Waals surface area contributed by atoms with Crippen molar-refractivity contribution in [2.75, 3.05) is 11.4 Å². The maximum atomic E-state index is 12.8. The molecule has 0 radical (unpaired) electrons. The maximum absolute atomic E-state index is 12.8. The fraction of sp³-hybridized carbons (Fsp3) is 0.150. The van der Waals surface area contributed by atoms with Gasteiger partial charge in [-0.05, 0) is 41.3 Å². The molecule has 0 aliphatic rings. The lowest BCUT2D eigenvalue weighted by Gasteiger charge is -2.19. The lowest BCUT2D eigenvalue weighted by molar-refractivity contribution is -0.137. The predicted molar refractivity (Wildman–Crippen MR) is 109 cm³/mol. The molecule has 1 heterocycles. The Morgan fingerprint density at radius 2 is 1.67 bits per heavy atom. The summed E-state index contributed by atoms with van der Waals surface area (Å²) < 4.78 is 64.6. The number of hydrogen-bond acceptors (Lipinski definition) is 4. The molecule has 0 aliphatic heterocycles. The fourth-order valence-electron chi connectivity index (χ4n) is 2.67. The SMILES string of the molecule is CN(c1ccsc1C(=O)NCc1ccc(C(F)(F)F)cc1)S(=O)(=O)c1ccccc1. The largest absolute Gasteiger partial charge is 0.416 e. The van der Waals surface area contributed by atoms with Gasteiger partial charge in [0.1, 0.15) is 4.88 Å². The summed E-state index contributed by atoms with van der Waals surface area (Å²) in [5.41, 5.74) is -0.0700. The van der Waals surface area contributed by atoms with Crippen molar-refractivity contribution in [1.29, 1.82) is 0 Å². The predicted octanol–water partition coefficient (Wildman–Crippen LogP) is 4.52. The standard InChI is InChI=1S/C20H17F3N2O3S2/c1-25(30(27,28)16-5-3-2-4-6-16)17-11-12-29-18(17)19(26)24-13-14-7-9-15(10-8-14)20(21,22)23/h2-12H,13H2,1H3,(H,24,26). The van der Waals surface area contributed by atoms with Gasteiger partial charge in [0.2, 0.25) is 0 Å². The number of hydrogen-bond donors (Lipinski definition) is 1. The molecule has 2 aromatic carbocycles. The van der Waals surface area contributed by atoms with E-state index in [2.05, 4.69) is 5.32 Å². The third kappa shape index (κ3) is 4.65. The molecule has 1 aromatic heterocycles. The van der Waals surface area contributed by atoms with Gasteiger partial charge in [0.15, 0.2) is 0 Å². The lowest BCUT2D eigenvalue weighted by atomic mass is 10.1. The molecule has 0 saturated heterocycles. The summed E-state index contributed by atoms with van der Waals surface area (Å²) in [6.07, 6.45) is -4.43. The third-order valence-corrected chi connectivity index (χ3v) is 7.01. The second-order valence-electron chi connectivity index (χ2n) is 6.30. The first-order valence-electron chi connectivity index (χ1n) is 8.66. The summed E-state index contributed by atoms with van der Waals surface area (Å²) in [5, 5.41) is 4.21. The van der Waals surface area contributed by atoms with E-state index in [1.807, 2.05) is 0 Å². The molecule has 0 fully saturated rings. The smallest absolute Gasteiger partial charge is 0.347 e. The van der Waals surface area contributed by atoms with Gasteiger partial charge >= 0.3 is 6.18 Å². The molecule has 3 rings (SSSR count). The van der Waals surface area contributed by atoms with Crippen molar-refractivity contribution < 1.29 is 26.4 Å². The minimum absolute atomic E-state index is 0.00343. The Balaban J connectivity index is 1.74. The zero-order valence-electron chi connectivity index (χ0n) is 15.7. The fourth-order valence-corrected chi connectivity index (χ4v) is 4.80. The molecule has 3 aromatic rings. The van der Waals surface area contributed by atoms with Gasteiger partial charge in [0.25, 0.3) is 15.9 Å². The molecule has 1 amide bonds. The molecule has 1 N–H and O–H groups in total. The van der Waals surface area contributed by atoms with E-state index < -0.39 is 27.7 Å². The van der Waals surface area contributed by atoms with E-state index in [9.17, 15) is 26.4 Å². The van der Waals surface area contributed by atoms with Gasteiger partial charge in [-0.2, -0.15) is 13.2 Å². The number of amides is 1. The summed E-state index contributed by atoms with van der Waals surface area (Å²) in [6, 6.07) is 13.8. The number of carbonyl (C=O) groups is 1. The molecular formula is C20H17F3N2O3S2. The number of anilines is 1. The molecule has 5 nitrogen and oxygen atoms in total. The normalized spacial score (nSPS) is 11.9. The van der Waals surface area contributed by atoms with Crippen LogP contribution >= 0.6 is 11.3 Å². The van der Waals surface area contributed by atoms with Crippen LogP contribution in [-0.2, 0) is 22.7 Å². The van der Waals surface area contributed by atoms with Crippen LogP contribution in [0.2, 0.25) is 0 Å². The van der Waals surface area contributed by atoms with Gasteiger partial charge in [-0.25, -0.2) is 8.42 Å². The van der Waals surface area contributed by atoms with Crippen molar-refractivity contribution >= 4 is 33.0 Å². The molecule has 0 spiro atoms.